The first kappa shape index (κ1) is 41.2. The number of carbonyl (C=O) groups excluding carboxylic acids is 6. The summed E-state index contributed by atoms with van der Waals surface area (Å²) in [4.78, 5) is 112. The minimum atomic E-state index is -2.06. The maximum Gasteiger partial charge on any atom is 0.350 e. The SMILES string of the molecule is C/C=C(\C(=O)NCC(=O)C(=O)NN1CCN([C@]2(C(=O)O)CN3C(=O)[C@@H](CC(=O)/C(=N\OC(C)(C)C(=O)O)c4csc(N)n4)[C@H]3S2)C1=O)c1ccc(O)c(O)c1Cl. The van der Waals surface area contributed by atoms with Crippen molar-refractivity contribution in [3.8, 4) is 11.5 Å². The molecule has 3 aliphatic heterocycles. The van der Waals surface area contributed by atoms with Crippen molar-refractivity contribution < 1.29 is 63.6 Å². The van der Waals surface area contributed by atoms with E-state index in [0.717, 1.165) is 34.1 Å². The Morgan fingerprint density at radius 1 is 1.12 bits per heavy atom. The Balaban J connectivity index is 1.22. The number of aromatic nitrogens is 1. The molecule has 0 saturated carbocycles. The zero-order valence-electron chi connectivity index (χ0n) is 29.5. The fourth-order valence-electron chi connectivity index (χ4n) is 5.75. The lowest BCUT2D eigenvalue weighted by Crippen LogP contribution is -2.60. The van der Waals surface area contributed by atoms with Gasteiger partial charge in [-0.1, -0.05) is 34.6 Å². The molecule has 0 aliphatic carbocycles. The van der Waals surface area contributed by atoms with Crippen molar-refractivity contribution in [3.63, 3.8) is 0 Å². The molecule has 24 heteroatoms. The second-order valence-electron chi connectivity index (χ2n) is 12.8. The van der Waals surface area contributed by atoms with Gasteiger partial charge in [-0.3, -0.25) is 34.3 Å². The van der Waals surface area contributed by atoms with Crippen molar-refractivity contribution in [1.29, 1.82) is 0 Å². The summed E-state index contributed by atoms with van der Waals surface area (Å²) in [5, 5.41) is 46.2. The van der Waals surface area contributed by atoms with Crippen molar-refractivity contribution in [1.82, 2.24) is 30.5 Å². The molecule has 21 nitrogen and oxygen atoms in total. The van der Waals surface area contributed by atoms with Crippen LogP contribution in [0.1, 0.15) is 38.4 Å². The monoisotopic (exact) mass is 836 g/mol. The Hall–Kier alpha value is -5.94. The van der Waals surface area contributed by atoms with Crippen LogP contribution in [0.5, 0.6) is 11.5 Å². The highest BCUT2D eigenvalue weighted by molar-refractivity contribution is 8.02. The number of hydrogen-bond donors (Lipinski definition) is 7. The number of amides is 5. The maximum atomic E-state index is 13.5. The number of aromatic hydroxyl groups is 2. The molecule has 4 heterocycles. The van der Waals surface area contributed by atoms with E-state index in [2.05, 4.69) is 20.9 Å². The Morgan fingerprint density at radius 2 is 1.82 bits per heavy atom. The number of nitrogen functional groups attached to an aromatic ring is 1. The van der Waals surface area contributed by atoms with Gasteiger partial charge in [-0.2, -0.15) is 0 Å². The molecule has 3 aliphatic rings. The number of benzene rings is 1. The number of carboxylic acid groups (broad SMARTS) is 2. The van der Waals surface area contributed by atoms with Crippen molar-refractivity contribution in [2.45, 2.75) is 43.0 Å². The predicted octanol–water partition coefficient (Wildman–Crippen LogP) is 0.203. The zero-order valence-corrected chi connectivity index (χ0v) is 31.9. The first-order valence-corrected chi connectivity index (χ1v) is 18.4. The molecule has 1 aromatic carbocycles. The summed E-state index contributed by atoms with van der Waals surface area (Å²) in [5.41, 5.74) is 5.45. The Bertz CT molecular complexity index is 2120. The summed E-state index contributed by atoms with van der Waals surface area (Å²) in [6, 6.07) is 1.34. The number of fused-ring (bicyclic) bond motifs is 1. The number of carbonyl (C=O) groups is 8. The van der Waals surface area contributed by atoms with Crippen LogP contribution >= 0.6 is 34.7 Å². The van der Waals surface area contributed by atoms with Crippen LogP contribution in [-0.4, -0.2) is 135 Å². The molecule has 298 valence electrons. The fourth-order valence-corrected chi connectivity index (χ4v) is 8.25. The lowest BCUT2D eigenvalue weighted by Gasteiger charge is -2.40. The molecule has 8 N–H and O–H groups in total. The molecule has 0 unspecified atom stereocenters. The van der Waals surface area contributed by atoms with E-state index in [9.17, 15) is 58.8 Å². The summed E-state index contributed by atoms with van der Waals surface area (Å²) in [7, 11) is 0. The summed E-state index contributed by atoms with van der Waals surface area (Å²) in [5.74, 6) is -9.91. The van der Waals surface area contributed by atoms with Crippen molar-refractivity contribution >= 4 is 98.4 Å². The minimum Gasteiger partial charge on any atom is -0.504 e. The van der Waals surface area contributed by atoms with Gasteiger partial charge in [-0.15, -0.1) is 11.3 Å². The highest BCUT2D eigenvalue weighted by Gasteiger charge is 2.66. The summed E-state index contributed by atoms with van der Waals surface area (Å²) in [6.45, 7) is 2.02. The van der Waals surface area contributed by atoms with E-state index >= 15 is 0 Å². The third kappa shape index (κ3) is 7.64. The number of nitrogens with zero attached hydrogens (tertiary/aromatic N) is 5. The molecule has 5 amide bonds. The van der Waals surface area contributed by atoms with Crippen LogP contribution in [0.15, 0.2) is 28.7 Å². The average molecular weight is 837 g/mol. The van der Waals surface area contributed by atoms with Gasteiger partial charge in [0.25, 0.3) is 5.91 Å². The van der Waals surface area contributed by atoms with Gasteiger partial charge in [0.1, 0.15) is 5.69 Å². The molecule has 0 spiro atoms. The molecule has 0 radical (unpaired) electrons. The number of thioether (sulfide) groups is 1. The molecule has 56 heavy (non-hydrogen) atoms. The number of halogens is 1. The number of rotatable bonds is 15. The summed E-state index contributed by atoms with van der Waals surface area (Å²) in [6.07, 6.45) is 0.806. The van der Waals surface area contributed by atoms with E-state index in [1.807, 2.05) is 0 Å². The first-order chi connectivity index (χ1) is 26.2. The zero-order chi connectivity index (χ0) is 41.4. The number of urea groups is 1. The van der Waals surface area contributed by atoms with E-state index < -0.39 is 106 Å². The van der Waals surface area contributed by atoms with Crippen LogP contribution in [0.25, 0.3) is 5.57 Å². The van der Waals surface area contributed by atoms with Crippen LogP contribution < -0.4 is 16.5 Å². The largest absolute Gasteiger partial charge is 0.504 e. The number of ketones is 2. The van der Waals surface area contributed by atoms with Gasteiger partial charge in [-0.25, -0.2) is 24.4 Å². The number of nitrogens with one attached hydrogen (secondary N) is 2. The number of allylic oxidation sites excluding steroid dienone is 1. The number of Topliss-reactive ketones (excluding diaryl/α,β-unsaturated/α-hetero) is 2. The number of phenolic OH excluding ortho intramolecular Hbond substituents is 2. The molecule has 3 atom stereocenters. The number of hydrogen-bond acceptors (Lipinski definition) is 16. The molecule has 1 aromatic heterocycles. The molecular formula is C32H33ClN8O13S2. The lowest BCUT2D eigenvalue weighted by atomic mass is 9.90. The quantitative estimate of drug-likeness (QED) is 0.0315. The van der Waals surface area contributed by atoms with Gasteiger partial charge in [-0.05, 0) is 32.9 Å². The first-order valence-electron chi connectivity index (χ1n) is 16.3. The van der Waals surface area contributed by atoms with Crippen molar-refractivity contribution in [2.75, 3.05) is 31.9 Å². The maximum absolute atomic E-state index is 13.5. The number of anilines is 1. The second-order valence-corrected chi connectivity index (χ2v) is 15.5. The fraction of sp³-hybridized carbons (Fsp3) is 0.375. The number of nitrogens with two attached hydrogens (primary N) is 1. The molecule has 0 bridgehead atoms. The highest BCUT2D eigenvalue weighted by Crippen LogP contribution is 2.53. The number of carboxylic acids is 2. The molecule has 3 fully saturated rings. The Labute approximate surface area is 329 Å². The Morgan fingerprint density at radius 3 is 2.43 bits per heavy atom. The van der Waals surface area contributed by atoms with Crippen molar-refractivity contribution in [2.24, 2.45) is 11.1 Å². The van der Waals surface area contributed by atoms with Gasteiger partial charge in [0.05, 0.1) is 35.9 Å². The third-order valence-electron chi connectivity index (χ3n) is 8.86. The van der Waals surface area contributed by atoms with Gasteiger partial charge < -0.3 is 41.2 Å². The van der Waals surface area contributed by atoms with E-state index in [-0.39, 0.29) is 40.1 Å². The van der Waals surface area contributed by atoms with Crippen LogP contribution in [-0.2, 0) is 38.4 Å². The van der Waals surface area contributed by atoms with Crippen molar-refractivity contribution in [3.05, 3.63) is 39.9 Å². The summed E-state index contributed by atoms with van der Waals surface area (Å²) < 4.78 is 0. The predicted molar refractivity (Wildman–Crippen MR) is 196 cm³/mol. The van der Waals surface area contributed by atoms with E-state index in [1.165, 1.54) is 43.2 Å². The van der Waals surface area contributed by atoms with Gasteiger partial charge >= 0.3 is 23.9 Å². The number of hydrazine groups is 1. The number of phenols is 2. The van der Waals surface area contributed by atoms with Crippen LogP contribution in [0, 0.1) is 5.92 Å². The highest BCUT2D eigenvalue weighted by atomic mass is 35.5. The lowest BCUT2D eigenvalue weighted by molar-refractivity contribution is -0.161. The molecule has 3 saturated heterocycles. The number of aliphatic carboxylic acids is 2. The summed E-state index contributed by atoms with van der Waals surface area (Å²) >= 11 is 7.73. The van der Waals surface area contributed by atoms with E-state index in [1.54, 1.807) is 0 Å². The minimum absolute atomic E-state index is 0.0229. The standard InChI is InChI=1S/C32H33ClN8O13S2/c1-4-13(14-5-6-17(42)22(45)20(14)33)23(46)35-10-19(44)24(47)37-41-8-7-40(30(41)53)32(28(51)52)12-39-25(48)15(26(39)56-32)9-18(43)21(16-11-55-29(34)36-16)38-54-31(2,3)27(49)50/h4-6,11,15,26,42,45H,7-10,12H2,1-3H3,(H2,34,36)(H,35,46)(H,37,47)(H,49,50)(H,51,52)/b13-4-,38-21-/t15-,26-,32-/m1/s1. The normalized spacial score (nSPS) is 21.0. The van der Waals surface area contributed by atoms with Crippen LogP contribution in [0.4, 0.5) is 9.93 Å². The number of β-lactam (4-membered cyclic amide) rings is 1. The average Bonchev–Trinajstić information content (AvgIpc) is 3.85. The van der Waals surface area contributed by atoms with Gasteiger partial charge in [0.2, 0.25) is 22.2 Å². The van der Waals surface area contributed by atoms with Gasteiger partial charge in [0.15, 0.2) is 28.1 Å². The number of thiazole rings is 1. The topological polar surface area (TPSA) is 312 Å². The van der Waals surface area contributed by atoms with E-state index in [0.29, 0.717) is 5.01 Å². The smallest absolute Gasteiger partial charge is 0.350 e. The second kappa shape index (κ2) is 15.7. The third-order valence-corrected chi connectivity index (χ3v) is 11.7. The number of oxime groups is 1. The molecular weight excluding hydrogens is 804 g/mol. The van der Waals surface area contributed by atoms with Crippen LogP contribution in [0.2, 0.25) is 5.02 Å². The van der Waals surface area contributed by atoms with Gasteiger partial charge in [0, 0.05) is 29.5 Å². The van der Waals surface area contributed by atoms with Crippen LogP contribution in [0.3, 0.4) is 0 Å². The molecule has 2 aromatic rings. The Kier molecular flexibility index (Phi) is 11.5. The molecule has 5 rings (SSSR count). The van der Waals surface area contributed by atoms with E-state index in [4.69, 9.17) is 22.2 Å².